The summed E-state index contributed by atoms with van der Waals surface area (Å²) >= 11 is 3.38. The van der Waals surface area contributed by atoms with Crippen LogP contribution in [0, 0.1) is 18.7 Å². The van der Waals surface area contributed by atoms with E-state index in [1.165, 1.54) is 12.8 Å². The van der Waals surface area contributed by atoms with E-state index in [-0.39, 0.29) is 11.9 Å². The van der Waals surface area contributed by atoms with E-state index >= 15 is 0 Å². The Morgan fingerprint density at radius 2 is 2.20 bits per heavy atom. The summed E-state index contributed by atoms with van der Waals surface area (Å²) in [6, 6.07) is 3.42. The predicted molar refractivity (Wildman–Crippen MR) is 63.1 cm³/mol. The minimum Gasteiger partial charge on any atom is -0.324 e. The van der Waals surface area contributed by atoms with Gasteiger partial charge in [0.1, 0.15) is 5.82 Å². The average molecular weight is 272 g/mol. The van der Waals surface area contributed by atoms with Gasteiger partial charge in [0, 0.05) is 16.1 Å². The van der Waals surface area contributed by atoms with Gasteiger partial charge in [-0.2, -0.15) is 0 Å². The van der Waals surface area contributed by atoms with Gasteiger partial charge in [-0.05, 0) is 37.0 Å². The SMILES string of the molecule is Cc1cc(Br)cc([C@H](N)CC2CC2)c1F. The number of benzene rings is 1. The van der Waals surface area contributed by atoms with Crippen LogP contribution >= 0.6 is 15.9 Å². The van der Waals surface area contributed by atoms with Gasteiger partial charge in [0.25, 0.3) is 0 Å². The standard InChI is InChI=1S/C12H15BrFN/c1-7-4-9(13)6-10(12(7)14)11(15)5-8-2-3-8/h4,6,8,11H,2-3,5,15H2,1H3/t11-/m1/s1. The smallest absolute Gasteiger partial charge is 0.130 e. The van der Waals surface area contributed by atoms with Crippen molar-refractivity contribution in [3.63, 3.8) is 0 Å². The molecule has 0 amide bonds. The van der Waals surface area contributed by atoms with Crippen molar-refractivity contribution in [1.82, 2.24) is 0 Å². The monoisotopic (exact) mass is 271 g/mol. The molecule has 0 spiro atoms. The van der Waals surface area contributed by atoms with E-state index < -0.39 is 0 Å². The quantitative estimate of drug-likeness (QED) is 0.892. The molecule has 15 heavy (non-hydrogen) atoms. The maximum atomic E-state index is 13.8. The van der Waals surface area contributed by atoms with Crippen molar-refractivity contribution in [3.8, 4) is 0 Å². The molecule has 0 heterocycles. The van der Waals surface area contributed by atoms with Gasteiger partial charge < -0.3 is 5.73 Å². The highest BCUT2D eigenvalue weighted by molar-refractivity contribution is 9.10. The first-order chi connectivity index (χ1) is 7.08. The second kappa shape index (κ2) is 4.22. The van der Waals surface area contributed by atoms with Crippen molar-refractivity contribution in [1.29, 1.82) is 0 Å². The molecule has 0 saturated heterocycles. The maximum absolute atomic E-state index is 13.8. The van der Waals surface area contributed by atoms with E-state index in [1.54, 1.807) is 19.1 Å². The fourth-order valence-corrected chi connectivity index (χ4v) is 2.45. The van der Waals surface area contributed by atoms with Crippen LogP contribution in [-0.4, -0.2) is 0 Å². The Labute approximate surface area is 98.0 Å². The van der Waals surface area contributed by atoms with Crippen LogP contribution < -0.4 is 5.73 Å². The van der Waals surface area contributed by atoms with Crippen LogP contribution in [0.15, 0.2) is 16.6 Å². The number of hydrogen-bond donors (Lipinski definition) is 1. The number of nitrogens with two attached hydrogens (primary N) is 1. The van der Waals surface area contributed by atoms with Crippen molar-refractivity contribution in [3.05, 3.63) is 33.5 Å². The highest BCUT2D eigenvalue weighted by atomic mass is 79.9. The average Bonchev–Trinajstić information content (AvgIpc) is 2.94. The minimum absolute atomic E-state index is 0.147. The third-order valence-electron chi connectivity index (χ3n) is 2.93. The van der Waals surface area contributed by atoms with E-state index in [4.69, 9.17) is 5.73 Å². The second-order valence-electron chi connectivity index (χ2n) is 4.41. The van der Waals surface area contributed by atoms with E-state index in [0.717, 1.165) is 16.8 Å². The van der Waals surface area contributed by atoms with E-state index in [1.807, 2.05) is 0 Å². The summed E-state index contributed by atoms with van der Waals surface area (Å²) in [6.45, 7) is 1.77. The molecule has 1 aromatic carbocycles. The Kier molecular flexibility index (Phi) is 3.12. The summed E-state index contributed by atoms with van der Waals surface area (Å²) in [5.41, 5.74) is 7.32. The zero-order chi connectivity index (χ0) is 11.0. The van der Waals surface area contributed by atoms with Crippen LogP contribution in [0.1, 0.15) is 36.4 Å². The largest absolute Gasteiger partial charge is 0.324 e. The van der Waals surface area contributed by atoms with Crippen LogP contribution in [0.3, 0.4) is 0 Å². The van der Waals surface area contributed by atoms with Crippen molar-refractivity contribution >= 4 is 15.9 Å². The molecule has 1 saturated carbocycles. The first kappa shape index (κ1) is 11.1. The third kappa shape index (κ3) is 2.58. The summed E-state index contributed by atoms with van der Waals surface area (Å²) in [5.74, 6) is 0.574. The van der Waals surface area contributed by atoms with E-state index in [0.29, 0.717) is 11.1 Å². The molecule has 1 fully saturated rings. The molecule has 0 aliphatic heterocycles. The molecule has 0 unspecified atom stereocenters. The molecule has 0 aromatic heterocycles. The lowest BCUT2D eigenvalue weighted by Crippen LogP contribution is -2.13. The third-order valence-corrected chi connectivity index (χ3v) is 3.39. The molecule has 1 atom stereocenters. The summed E-state index contributed by atoms with van der Waals surface area (Å²) in [5, 5.41) is 0. The van der Waals surface area contributed by atoms with Crippen molar-refractivity contribution in [2.45, 2.75) is 32.2 Å². The molecule has 2 N–H and O–H groups in total. The summed E-state index contributed by atoms with van der Waals surface area (Å²) in [7, 11) is 0. The van der Waals surface area contributed by atoms with Gasteiger partial charge in [-0.3, -0.25) is 0 Å². The normalized spacial score (nSPS) is 17.9. The Balaban J connectivity index is 2.24. The number of halogens is 2. The van der Waals surface area contributed by atoms with Gasteiger partial charge in [-0.25, -0.2) is 4.39 Å². The lowest BCUT2D eigenvalue weighted by atomic mass is 9.99. The fourth-order valence-electron chi connectivity index (χ4n) is 1.86. The summed E-state index contributed by atoms with van der Waals surface area (Å²) < 4.78 is 14.7. The highest BCUT2D eigenvalue weighted by Gasteiger charge is 2.26. The van der Waals surface area contributed by atoms with Crippen molar-refractivity contribution < 1.29 is 4.39 Å². The topological polar surface area (TPSA) is 26.0 Å². The number of rotatable bonds is 3. The first-order valence-electron chi connectivity index (χ1n) is 5.29. The molecule has 1 aliphatic rings. The Morgan fingerprint density at radius 3 is 2.80 bits per heavy atom. The molecule has 1 aromatic rings. The minimum atomic E-state index is -0.159. The molecule has 2 rings (SSSR count). The van der Waals surface area contributed by atoms with Gasteiger partial charge in [0.05, 0.1) is 0 Å². The van der Waals surface area contributed by atoms with Gasteiger partial charge in [-0.15, -0.1) is 0 Å². The molecular weight excluding hydrogens is 257 g/mol. The Morgan fingerprint density at radius 1 is 1.53 bits per heavy atom. The summed E-state index contributed by atoms with van der Waals surface area (Å²) in [4.78, 5) is 0. The van der Waals surface area contributed by atoms with Gasteiger partial charge in [0.15, 0.2) is 0 Å². The zero-order valence-electron chi connectivity index (χ0n) is 8.76. The van der Waals surface area contributed by atoms with E-state index in [2.05, 4.69) is 15.9 Å². The van der Waals surface area contributed by atoms with Crippen LogP contribution in [0.4, 0.5) is 4.39 Å². The molecule has 0 bridgehead atoms. The van der Waals surface area contributed by atoms with Crippen LogP contribution in [-0.2, 0) is 0 Å². The Hall–Kier alpha value is -0.410. The molecular formula is C12H15BrFN. The fraction of sp³-hybridized carbons (Fsp3) is 0.500. The van der Waals surface area contributed by atoms with Gasteiger partial charge in [0.2, 0.25) is 0 Å². The molecule has 3 heteroatoms. The van der Waals surface area contributed by atoms with Gasteiger partial charge >= 0.3 is 0 Å². The van der Waals surface area contributed by atoms with Crippen molar-refractivity contribution in [2.24, 2.45) is 11.7 Å². The molecule has 0 radical (unpaired) electrons. The van der Waals surface area contributed by atoms with Crippen LogP contribution in [0.25, 0.3) is 0 Å². The van der Waals surface area contributed by atoms with E-state index in [9.17, 15) is 4.39 Å². The van der Waals surface area contributed by atoms with Crippen molar-refractivity contribution in [2.75, 3.05) is 0 Å². The Bertz CT molecular complexity index is 374. The maximum Gasteiger partial charge on any atom is 0.130 e. The number of aryl methyl sites for hydroxylation is 1. The lowest BCUT2D eigenvalue weighted by Gasteiger charge is -2.14. The van der Waals surface area contributed by atoms with Crippen LogP contribution in [0.2, 0.25) is 0 Å². The zero-order valence-corrected chi connectivity index (χ0v) is 10.3. The predicted octanol–water partition coefficient (Wildman–Crippen LogP) is 3.70. The first-order valence-corrected chi connectivity index (χ1v) is 6.08. The molecule has 82 valence electrons. The van der Waals surface area contributed by atoms with Gasteiger partial charge in [-0.1, -0.05) is 28.8 Å². The molecule has 1 aliphatic carbocycles. The summed E-state index contributed by atoms with van der Waals surface area (Å²) in [6.07, 6.45) is 3.41. The van der Waals surface area contributed by atoms with Crippen LogP contribution in [0.5, 0.6) is 0 Å². The number of hydrogen-bond acceptors (Lipinski definition) is 1. The second-order valence-corrected chi connectivity index (χ2v) is 5.33. The lowest BCUT2D eigenvalue weighted by molar-refractivity contribution is 0.538. The highest BCUT2D eigenvalue weighted by Crippen LogP contribution is 2.37. The molecule has 1 nitrogen and oxygen atoms in total.